The molecule has 1 heterocycles. The van der Waals surface area contributed by atoms with Crippen molar-refractivity contribution in [3.05, 3.63) is 58.7 Å². The van der Waals surface area contributed by atoms with Crippen molar-refractivity contribution in [3.8, 4) is 5.75 Å². The van der Waals surface area contributed by atoms with Crippen LogP contribution in [0, 0.1) is 5.92 Å². The molecule has 11 heteroatoms. The first-order valence-electron chi connectivity index (χ1n) is 14.0. The molecule has 2 N–H and O–H groups in total. The van der Waals surface area contributed by atoms with Gasteiger partial charge in [0.05, 0.1) is 41.4 Å². The first-order chi connectivity index (χ1) is 19.7. The second-order valence-corrected chi connectivity index (χ2v) is 14.8. The molecule has 0 aliphatic heterocycles. The Hall–Kier alpha value is -3.21. The van der Waals surface area contributed by atoms with Crippen molar-refractivity contribution >= 4 is 50.4 Å². The Balaban J connectivity index is 1.62. The lowest BCUT2D eigenvalue weighted by Crippen LogP contribution is -2.37. The molecule has 1 aromatic heterocycles. The summed E-state index contributed by atoms with van der Waals surface area (Å²) in [6, 6.07) is 10.8. The largest absolute Gasteiger partial charge is 0.495 e. The number of ketones is 1. The van der Waals surface area contributed by atoms with Gasteiger partial charge in [0.15, 0.2) is 15.7 Å². The number of benzene rings is 2. The van der Waals surface area contributed by atoms with Crippen molar-refractivity contribution in [1.82, 2.24) is 14.9 Å². The summed E-state index contributed by atoms with van der Waals surface area (Å²) in [4.78, 5) is 23.6. The number of sulfone groups is 1. The minimum absolute atomic E-state index is 0.171. The van der Waals surface area contributed by atoms with Gasteiger partial charge in [-0.2, -0.15) is 4.98 Å². The summed E-state index contributed by atoms with van der Waals surface area (Å²) in [5.41, 5.74) is 3.22. The fraction of sp³-hybridized carbons (Fsp3) is 0.452. The lowest BCUT2D eigenvalue weighted by molar-refractivity contribution is -0.121. The van der Waals surface area contributed by atoms with E-state index in [2.05, 4.69) is 40.5 Å². The molecule has 1 aliphatic rings. The number of rotatable bonds is 11. The van der Waals surface area contributed by atoms with Crippen LogP contribution in [0.4, 0.5) is 23.1 Å². The first-order valence-corrected chi connectivity index (χ1v) is 15.9. The summed E-state index contributed by atoms with van der Waals surface area (Å²) in [5, 5.41) is 6.00. The predicted molar refractivity (Wildman–Crippen MR) is 168 cm³/mol. The van der Waals surface area contributed by atoms with E-state index in [4.69, 9.17) is 16.3 Å². The number of hydrogen-bond acceptors (Lipinski definition) is 9. The highest BCUT2D eigenvalue weighted by Gasteiger charge is 2.38. The van der Waals surface area contributed by atoms with Gasteiger partial charge in [0, 0.05) is 6.42 Å². The molecule has 0 spiro atoms. The van der Waals surface area contributed by atoms with Crippen LogP contribution in [0.3, 0.4) is 0 Å². The Kier molecular flexibility index (Phi) is 9.49. The Morgan fingerprint density at radius 1 is 1.17 bits per heavy atom. The molecular weight excluding hydrogens is 574 g/mol. The second-order valence-electron chi connectivity index (χ2n) is 11.9. The fourth-order valence-electron chi connectivity index (χ4n) is 5.49. The quantitative estimate of drug-likeness (QED) is 0.262. The van der Waals surface area contributed by atoms with Gasteiger partial charge in [0.25, 0.3) is 0 Å². The second kappa shape index (κ2) is 12.6. The molecule has 42 heavy (non-hydrogen) atoms. The molecule has 0 bridgehead atoms. The maximum absolute atomic E-state index is 12.9. The van der Waals surface area contributed by atoms with Crippen molar-refractivity contribution in [2.24, 2.45) is 5.92 Å². The van der Waals surface area contributed by atoms with Gasteiger partial charge in [-0.05, 0) is 87.5 Å². The summed E-state index contributed by atoms with van der Waals surface area (Å²) in [7, 11) is 1.90. The lowest BCUT2D eigenvalue weighted by atomic mass is 9.64. The third-order valence-corrected chi connectivity index (χ3v) is 10.4. The summed E-state index contributed by atoms with van der Waals surface area (Å²) in [6.07, 6.45) is 3.76. The number of likely N-dealkylation sites (N-methyl/N-ethyl adjacent to an activating group) is 1. The number of aryl methyl sites for hydroxylation is 1. The van der Waals surface area contributed by atoms with Crippen molar-refractivity contribution in [2.75, 3.05) is 38.4 Å². The van der Waals surface area contributed by atoms with E-state index >= 15 is 0 Å². The number of nitrogens with zero attached hydrogens (tertiary/aromatic N) is 3. The van der Waals surface area contributed by atoms with Crippen LogP contribution in [0.25, 0.3) is 0 Å². The topological polar surface area (TPSA) is 114 Å². The molecule has 0 saturated carbocycles. The van der Waals surface area contributed by atoms with Crippen molar-refractivity contribution in [1.29, 1.82) is 0 Å². The Bertz CT molecular complexity index is 1570. The van der Waals surface area contributed by atoms with Crippen LogP contribution in [0.15, 0.2) is 47.5 Å². The predicted octanol–water partition coefficient (Wildman–Crippen LogP) is 6.17. The van der Waals surface area contributed by atoms with Gasteiger partial charge < -0.3 is 20.3 Å². The minimum atomic E-state index is -3.54. The number of methoxy groups -OCH3 is 1. The molecule has 0 fully saturated rings. The van der Waals surface area contributed by atoms with E-state index in [1.807, 2.05) is 25.1 Å². The Labute approximate surface area is 254 Å². The molecule has 3 aromatic rings. The van der Waals surface area contributed by atoms with Gasteiger partial charge in [-0.3, -0.25) is 4.79 Å². The molecule has 1 atom stereocenters. The summed E-state index contributed by atoms with van der Waals surface area (Å²) < 4.78 is 31.6. The number of Topliss-reactive ketones (excluding diaryl/α,β-unsaturated/α-hetero) is 1. The molecule has 0 amide bonds. The lowest BCUT2D eigenvalue weighted by Gasteiger charge is -2.41. The van der Waals surface area contributed by atoms with E-state index in [-0.39, 0.29) is 38.8 Å². The summed E-state index contributed by atoms with van der Waals surface area (Å²) >= 11 is 6.42. The van der Waals surface area contributed by atoms with Gasteiger partial charge in [-0.1, -0.05) is 37.6 Å². The van der Waals surface area contributed by atoms with Crippen LogP contribution in [0.2, 0.25) is 5.02 Å². The average Bonchev–Trinajstić information content (AvgIpc) is 2.91. The third-order valence-electron chi connectivity index (χ3n) is 7.93. The molecule has 0 saturated heterocycles. The minimum Gasteiger partial charge on any atom is -0.495 e. The van der Waals surface area contributed by atoms with Crippen LogP contribution in [-0.2, 0) is 26.5 Å². The summed E-state index contributed by atoms with van der Waals surface area (Å²) in [6.45, 7) is 8.13. The molecule has 2 aromatic carbocycles. The van der Waals surface area contributed by atoms with Gasteiger partial charge >= 0.3 is 0 Å². The number of carbonyl (C=O) groups excluding carboxylic acids is 1. The van der Waals surface area contributed by atoms with Gasteiger partial charge in [0.2, 0.25) is 5.95 Å². The Morgan fingerprint density at radius 3 is 2.55 bits per heavy atom. The van der Waals surface area contributed by atoms with Crippen LogP contribution in [-0.4, -0.2) is 62.1 Å². The van der Waals surface area contributed by atoms with Crippen LogP contribution in [0.1, 0.15) is 51.7 Å². The number of anilines is 4. The van der Waals surface area contributed by atoms with Gasteiger partial charge in [0.1, 0.15) is 16.6 Å². The average molecular weight is 614 g/mol. The molecule has 9 nitrogen and oxygen atoms in total. The standard InChI is InChI=1S/C31H40ClN5O4S/c1-19(2)42(39,40)28-11-9-8-10-25(28)34-29-24(32)17-33-30(36-29)35-26-14-20-12-13-21(15-22(38)18-37(5)6)31(3,4)23(20)16-27(26)41-7/h8-11,14,16-17,19,21H,12-13,15,18H2,1-7H3,(H2,33,34,35,36). The van der Waals surface area contributed by atoms with E-state index < -0.39 is 15.1 Å². The normalized spacial score (nSPS) is 16.3. The highest BCUT2D eigenvalue weighted by atomic mass is 35.5. The molecule has 226 valence electrons. The van der Waals surface area contributed by atoms with Crippen molar-refractivity contribution < 1.29 is 17.9 Å². The number of carbonyl (C=O) groups is 1. The van der Waals surface area contributed by atoms with Crippen LogP contribution < -0.4 is 15.4 Å². The maximum atomic E-state index is 12.9. The zero-order valence-corrected chi connectivity index (χ0v) is 26.9. The third kappa shape index (κ3) is 6.71. The smallest absolute Gasteiger partial charge is 0.229 e. The van der Waals surface area contributed by atoms with Crippen LogP contribution in [0.5, 0.6) is 5.75 Å². The van der Waals surface area contributed by atoms with E-state index in [0.717, 1.165) is 12.8 Å². The fourth-order valence-corrected chi connectivity index (χ4v) is 6.83. The zero-order chi connectivity index (χ0) is 30.8. The van der Waals surface area contributed by atoms with E-state index in [1.54, 1.807) is 45.2 Å². The summed E-state index contributed by atoms with van der Waals surface area (Å²) in [5.74, 6) is 1.65. The monoisotopic (exact) mass is 613 g/mol. The highest BCUT2D eigenvalue weighted by Crippen LogP contribution is 2.46. The number of halogens is 1. The van der Waals surface area contributed by atoms with Crippen molar-refractivity contribution in [3.63, 3.8) is 0 Å². The van der Waals surface area contributed by atoms with Crippen LogP contribution >= 0.6 is 11.6 Å². The first kappa shape index (κ1) is 31.7. The zero-order valence-electron chi connectivity index (χ0n) is 25.3. The van der Waals surface area contributed by atoms with Gasteiger partial charge in [-0.25, -0.2) is 13.4 Å². The molecule has 0 radical (unpaired) electrons. The molecule has 1 aliphatic carbocycles. The number of ether oxygens (including phenoxy) is 1. The molecular formula is C31H40ClN5O4S. The Morgan fingerprint density at radius 2 is 1.88 bits per heavy atom. The SMILES string of the molecule is COc1cc2c(cc1Nc1ncc(Cl)c(Nc3ccccc3S(=O)(=O)C(C)C)n1)CCC(CC(=O)CN(C)C)C2(C)C. The number of nitrogens with one attached hydrogen (secondary N) is 2. The maximum Gasteiger partial charge on any atom is 0.229 e. The highest BCUT2D eigenvalue weighted by molar-refractivity contribution is 7.92. The number of para-hydroxylation sites is 1. The van der Waals surface area contributed by atoms with E-state index in [9.17, 15) is 13.2 Å². The number of aromatic nitrogens is 2. The van der Waals surface area contributed by atoms with E-state index in [1.165, 1.54) is 17.3 Å². The van der Waals surface area contributed by atoms with Gasteiger partial charge in [-0.15, -0.1) is 0 Å². The molecule has 1 unspecified atom stereocenters. The van der Waals surface area contributed by atoms with E-state index in [0.29, 0.717) is 30.1 Å². The number of fused-ring (bicyclic) bond motifs is 1. The number of hydrogen-bond donors (Lipinski definition) is 2. The molecule has 4 rings (SSSR count). The van der Waals surface area contributed by atoms with Crippen molar-refractivity contribution in [2.45, 2.75) is 62.5 Å².